The van der Waals surface area contributed by atoms with E-state index in [-0.39, 0.29) is 5.69 Å². The van der Waals surface area contributed by atoms with Gasteiger partial charge >= 0.3 is 0 Å². The highest BCUT2D eigenvalue weighted by atomic mass is 15.1. The SMILES string of the molecule is N#Cc1ncn(CCc2ccccc2N)c1C#N. The molecule has 1 aromatic carbocycles. The molecule has 0 saturated carbocycles. The number of para-hydroxylation sites is 1. The molecule has 18 heavy (non-hydrogen) atoms. The lowest BCUT2D eigenvalue weighted by atomic mass is 10.1. The Labute approximate surface area is 105 Å². The molecule has 2 aromatic rings. The first-order valence-electron chi connectivity index (χ1n) is 5.45. The molecule has 0 fully saturated rings. The van der Waals surface area contributed by atoms with Gasteiger partial charge in [0.1, 0.15) is 12.1 Å². The van der Waals surface area contributed by atoms with Crippen molar-refractivity contribution in [3.05, 3.63) is 47.5 Å². The molecule has 2 rings (SSSR count). The molecule has 0 amide bonds. The molecule has 0 radical (unpaired) electrons. The fraction of sp³-hybridized carbons (Fsp3) is 0.154. The van der Waals surface area contributed by atoms with Crippen LogP contribution in [0, 0.1) is 22.7 Å². The van der Waals surface area contributed by atoms with E-state index in [0.29, 0.717) is 18.7 Å². The molecule has 5 heteroatoms. The van der Waals surface area contributed by atoms with E-state index in [1.807, 2.05) is 36.4 Å². The molecule has 0 aliphatic rings. The van der Waals surface area contributed by atoms with Crippen molar-refractivity contribution in [2.75, 3.05) is 5.73 Å². The minimum absolute atomic E-state index is 0.165. The second-order valence-electron chi connectivity index (χ2n) is 3.81. The summed E-state index contributed by atoms with van der Waals surface area (Å²) in [7, 11) is 0. The Bertz CT molecular complexity index is 642. The first-order chi connectivity index (χ1) is 8.76. The largest absolute Gasteiger partial charge is 0.399 e. The van der Waals surface area contributed by atoms with E-state index in [9.17, 15) is 0 Å². The second kappa shape index (κ2) is 5.03. The zero-order chi connectivity index (χ0) is 13.0. The average Bonchev–Trinajstić information content (AvgIpc) is 2.79. The zero-order valence-electron chi connectivity index (χ0n) is 9.67. The molecule has 88 valence electrons. The van der Waals surface area contributed by atoms with Crippen molar-refractivity contribution >= 4 is 5.69 Å². The van der Waals surface area contributed by atoms with Gasteiger partial charge in [-0.15, -0.1) is 0 Å². The lowest BCUT2D eigenvalue weighted by Gasteiger charge is -2.06. The maximum atomic E-state index is 8.98. The third-order valence-electron chi connectivity index (χ3n) is 2.73. The molecule has 0 aliphatic carbocycles. The lowest BCUT2D eigenvalue weighted by molar-refractivity contribution is 0.689. The number of anilines is 1. The normalized spacial score (nSPS) is 9.67. The summed E-state index contributed by atoms with van der Waals surface area (Å²) in [6.45, 7) is 0.575. The Morgan fingerprint density at radius 1 is 1.22 bits per heavy atom. The van der Waals surface area contributed by atoms with E-state index in [1.165, 1.54) is 6.33 Å². The Morgan fingerprint density at radius 3 is 2.67 bits per heavy atom. The number of hydrogen-bond acceptors (Lipinski definition) is 4. The molecule has 1 heterocycles. The lowest BCUT2D eigenvalue weighted by Crippen LogP contribution is -2.04. The van der Waals surface area contributed by atoms with Gasteiger partial charge in [0, 0.05) is 12.2 Å². The third kappa shape index (κ3) is 2.16. The number of benzene rings is 1. The van der Waals surface area contributed by atoms with Crippen LogP contribution in [0.2, 0.25) is 0 Å². The Balaban J connectivity index is 2.17. The Morgan fingerprint density at radius 2 is 2.00 bits per heavy atom. The number of hydrogen-bond donors (Lipinski definition) is 1. The standard InChI is InChI=1S/C13H11N5/c14-7-12-13(8-15)18(9-17-12)6-5-10-3-1-2-4-11(10)16/h1-4,9H,5-6,16H2. The summed E-state index contributed by atoms with van der Waals surface area (Å²) in [5, 5.41) is 17.8. The van der Waals surface area contributed by atoms with Crippen molar-refractivity contribution < 1.29 is 0 Å². The average molecular weight is 237 g/mol. The van der Waals surface area contributed by atoms with E-state index in [4.69, 9.17) is 16.3 Å². The van der Waals surface area contributed by atoms with Crippen molar-refractivity contribution in [2.24, 2.45) is 0 Å². The molecule has 0 atom stereocenters. The van der Waals surface area contributed by atoms with E-state index in [1.54, 1.807) is 4.57 Å². The van der Waals surface area contributed by atoms with Gasteiger partial charge in [0.2, 0.25) is 0 Å². The zero-order valence-corrected chi connectivity index (χ0v) is 9.67. The smallest absolute Gasteiger partial charge is 0.176 e. The first-order valence-corrected chi connectivity index (χ1v) is 5.45. The molecule has 0 saturated heterocycles. The number of rotatable bonds is 3. The van der Waals surface area contributed by atoms with Crippen molar-refractivity contribution in [1.29, 1.82) is 10.5 Å². The van der Waals surface area contributed by atoms with Crippen molar-refractivity contribution in [1.82, 2.24) is 9.55 Å². The van der Waals surface area contributed by atoms with Crippen LogP contribution in [0.15, 0.2) is 30.6 Å². The topological polar surface area (TPSA) is 91.4 Å². The van der Waals surface area contributed by atoms with E-state index >= 15 is 0 Å². The predicted octanol–water partition coefficient (Wildman–Crippen LogP) is 1.45. The van der Waals surface area contributed by atoms with Gasteiger partial charge in [0.05, 0.1) is 6.33 Å². The van der Waals surface area contributed by atoms with Gasteiger partial charge in [-0.2, -0.15) is 10.5 Å². The summed E-state index contributed by atoms with van der Waals surface area (Å²) < 4.78 is 1.67. The van der Waals surface area contributed by atoms with Gasteiger partial charge in [0.15, 0.2) is 11.4 Å². The van der Waals surface area contributed by atoms with Crippen LogP contribution in [0.3, 0.4) is 0 Å². The third-order valence-corrected chi connectivity index (χ3v) is 2.73. The quantitative estimate of drug-likeness (QED) is 0.818. The molecular formula is C13H11N5. The molecule has 0 bridgehead atoms. The number of nitriles is 2. The summed E-state index contributed by atoms with van der Waals surface area (Å²) in [6, 6.07) is 11.5. The highest BCUT2D eigenvalue weighted by molar-refractivity contribution is 5.46. The van der Waals surface area contributed by atoms with Gasteiger partial charge in [0.25, 0.3) is 0 Å². The molecule has 5 nitrogen and oxygen atoms in total. The van der Waals surface area contributed by atoms with Crippen molar-refractivity contribution in [3.63, 3.8) is 0 Å². The molecule has 0 spiro atoms. The summed E-state index contributed by atoms with van der Waals surface area (Å²) in [5.74, 6) is 0. The number of aromatic nitrogens is 2. The van der Waals surface area contributed by atoms with Gasteiger partial charge in [-0.05, 0) is 18.1 Å². The molecular weight excluding hydrogens is 226 g/mol. The highest BCUT2D eigenvalue weighted by Crippen LogP contribution is 2.13. The summed E-state index contributed by atoms with van der Waals surface area (Å²) >= 11 is 0. The van der Waals surface area contributed by atoms with Crippen LogP contribution in [-0.4, -0.2) is 9.55 Å². The van der Waals surface area contributed by atoms with Gasteiger partial charge in [-0.25, -0.2) is 4.98 Å². The second-order valence-corrected chi connectivity index (χ2v) is 3.81. The maximum Gasteiger partial charge on any atom is 0.176 e. The van der Waals surface area contributed by atoms with Gasteiger partial charge in [-0.1, -0.05) is 18.2 Å². The highest BCUT2D eigenvalue weighted by Gasteiger charge is 2.09. The van der Waals surface area contributed by atoms with Gasteiger partial charge in [-0.3, -0.25) is 0 Å². The number of aryl methyl sites for hydroxylation is 2. The van der Waals surface area contributed by atoms with Crippen LogP contribution in [0.5, 0.6) is 0 Å². The molecule has 0 aliphatic heterocycles. The summed E-state index contributed by atoms with van der Waals surface area (Å²) in [6.07, 6.45) is 2.21. The van der Waals surface area contributed by atoms with E-state index in [0.717, 1.165) is 11.3 Å². The van der Waals surface area contributed by atoms with E-state index < -0.39 is 0 Å². The van der Waals surface area contributed by atoms with Crippen LogP contribution in [-0.2, 0) is 13.0 Å². The first kappa shape index (κ1) is 11.7. The van der Waals surface area contributed by atoms with Crippen LogP contribution < -0.4 is 5.73 Å². The van der Waals surface area contributed by atoms with Crippen LogP contribution >= 0.6 is 0 Å². The molecule has 2 N–H and O–H groups in total. The predicted molar refractivity (Wildman–Crippen MR) is 66.2 cm³/mol. The van der Waals surface area contributed by atoms with Crippen LogP contribution in [0.25, 0.3) is 0 Å². The molecule has 0 unspecified atom stereocenters. The number of nitrogen functional groups attached to an aromatic ring is 1. The van der Waals surface area contributed by atoms with E-state index in [2.05, 4.69) is 4.98 Å². The maximum absolute atomic E-state index is 8.98. The number of nitrogens with zero attached hydrogens (tertiary/aromatic N) is 4. The van der Waals surface area contributed by atoms with Gasteiger partial charge < -0.3 is 10.3 Å². The Hall–Kier alpha value is -2.79. The van der Waals surface area contributed by atoms with Crippen molar-refractivity contribution in [2.45, 2.75) is 13.0 Å². The minimum atomic E-state index is 0.165. The fourth-order valence-electron chi connectivity index (χ4n) is 1.75. The monoisotopic (exact) mass is 237 g/mol. The fourth-order valence-corrected chi connectivity index (χ4v) is 1.75. The summed E-state index contributed by atoms with van der Waals surface area (Å²) in [4.78, 5) is 3.89. The minimum Gasteiger partial charge on any atom is -0.399 e. The van der Waals surface area contributed by atoms with Crippen LogP contribution in [0.1, 0.15) is 17.0 Å². The van der Waals surface area contributed by atoms with Crippen molar-refractivity contribution in [3.8, 4) is 12.1 Å². The number of imidazole rings is 1. The van der Waals surface area contributed by atoms with Crippen LogP contribution in [0.4, 0.5) is 5.69 Å². The Kier molecular flexibility index (Phi) is 3.26. The summed E-state index contributed by atoms with van der Waals surface area (Å²) in [5.41, 5.74) is 8.06. The number of nitrogens with two attached hydrogens (primary N) is 1. The molecule has 1 aromatic heterocycles.